The number of hydrogen-bond acceptors (Lipinski definition) is 7. The molecule has 7 nitrogen and oxygen atoms in total. The Morgan fingerprint density at radius 1 is 1.50 bits per heavy atom. The number of hydrogen-bond donors (Lipinski definition) is 2. The van der Waals surface area contributed by atoms with E-state index >= 15 is 0 Å². The van der Waals surface area contributed by atoms with Crippen LogP contribution in [0.5, 0.6) is 0 Å². The third-order valence-electron chi connectivity index (χ3n) is 2.89. The highest BCUT2D eigenvalue weighted by Gasteiger charge is 2.21. The summed E-state index contributed by atoms with van der Waals surface area (Å²) < 4.78 is 0. The van der Waals surface area contributed by atoms with E-state index in [9.17, 15) is 10.1 Å². The van der Waals surface area contributed by atoms with Crippen molar-refractivity contribution in [2.24, 2.45) is 0 Å². The number of nitro groups is 1. The van der Waals surface area contributed by atoms with Gasteiger partial charge in [0.2, 0.25) is 11.8 Å². The second-order valence-electron chi connectivity index (χ2n) is 4.20. The quantitative estimate of drug-likeness (QED) is 0.648. The summed E-state index contributed by atoms with van der Waals surface area (Å²) in [5, 5.41) is 16.1. The van der Waals surface area contributed by atoms with E-state index in [4.69, 9.17) is 5.73 Å². The average Bonchev–Trinajstić information content (AvgIpc) is 2.82. The monoisotopic (exact) mass is 293 g/mol. The maximum Gasteiger partial charge on any atom is 0.332 e. The zero-order chi connectivity index (χ0) is 14.7. The summed E-state index contributed by atoms with van der Waals surface area (Å²) in [5.41, 5.74) is 6.90. The topological polar surface area (TPSA) is 107 Å². The summed E-state index contributed by atoms with van der Waals surface area (Å²) >= 11 is 1.61. The Morgan fingerprint density at radius 3 is 2.90 bits per heavy atom. The molecule has 3 N–H and O–H groups in total. The van der Waals surface area contributed by atoms with E-state index in [-0.39, 0.29) is 23.1 Å². The zero-order valence-electron chi connectivity index (χ0n) is 11.2. The zero-order valence-corrected chi connectivity index (χ0v) is 12.0. The first-order chi connectivity index (χ1) is 9.52. The second-order valence-corrected chi connectivity index (χ2v) is 5.20. The van der Waals surface area contributed by atoms with Gasteiger partial charge in [-0.3, -0.25) is 10.1 Å². The van der Waals surface area contributed by atoms with E-state index in [1.54, 1.807) is 18.3 Å². The first-order valence-corrected chi connectivity index (χ1v) is 6.98. The van der Waals surface area contributed by atoms with E-state index in [1.165, 1.54) is 5.56 Å². The van der Waals surface area contributed by atoms with Crippen LogP contribution < -0.4 is 11.1 Å². The molecule has 0 aliphatic carbocycles. The van der Waals surface area contributed by atoms with Crippen LogP contribution in [-0.2, 0) is 13.0 Å². The van der Waals surface area contributed by atoms with E-state index in [0.29, 0.717) is 6.54 Å². The van der Waals surface area contributed by atoms with Gasteiger partial charge in [-0.05, 0) is 30.4 Å². The number of thiophene rings is 1. The molecule has 0 saturated carbocycles. The van der Waals surface area contributed by atoms with Gasteiger partial charge < -0.3 is 11.1 Å². The van der Waals surface area contributed by atoms with Crippen molar-refractivity contribution in [3.8, 4) is 0 Å². The summed E-state index contributed by atoms with van der Waals surface area (Å²) in [6.45, 7) is 4.10. The van der Waals surface area contributed by atoms with Gasteiger partial charge in [0.05, 0.1) is 11.5 Å². The maximum absolute atomic E-state index is 11.1. The Balaban J connectivity index is 2.27. The molecule has 0 bridgehead atoms. The van der Waals surface area contributed by atoms with Gasteiger partial charge in [0, 0.05) is 4.88 Å². The van der Waals surface area contributed by atoms with Crippen LogP contribution >= 0.6 is 11.3 Å². The number of aromatic nitrogens is 2. The van der Waals surface area contributed by atoms with Gasteiger partial charge in [0.1, 0.15) is 5.69 Å². The molecule has 0 aromatic carbocycles. The number of nitrogens with two attached hydrogens (primary N) is 1. The molecule has 2 aromatic rings. The van der Waals surface area contributed by atoms with E-state index in [1.807, 2.05) is 5.38 Å². The van der Waals surface area contributed by atoms with Crippen molar-refractivity contribution in [3.63, 3.8) is 0 Å². The average molecular weight is 293 g/mol. The van der Waals surface area contributed by atoms with Crippen molar-refractivity contribution in [2.45, 2.75) is 26.8 Å². The molecule has 0 unspecified atom stereocenters. The fraction of sp³-hybridized carbons (Fsp3) is 0.333. The van der Waals surface area contributed by atoms with Crippen LogP contribution in [0.15, 0.2) is 11.4 Å². The van der Waals surface area contributed by atoms with Crippen LogP contribution in [0.1, 0.15) is 23.1 Å². The molecule has 2 aromatic heterocycles. The molecule has 106 valence electrons. The molecule has 0 atom stereocenters. The molecule has 2 rings (SSSR count). The smallest absolute Gasteiger partial charge is 0.332 e. The van der Waals surface area contributed by atoms with Crippen molar-refractivity contribution in [1.82, 2.24) is 9.97 Å². The van der Waals surface area contributed by atoms with E-state index < -0.39 is 4.92 Å². The van der Waals surface area contributed by atoms with E-state index in [0.717, 1.165) is 11.3 Å². The van der Waals surface area contributed by atoms with Crippen molar-refractivity contribution in [3.05, 3.63) is 37.7 Å². The van der Waals surface area contributed by atoms with Gasteiger partial charge in [-0.15, -0.1) is 11.3 Å². The van der Waals surface area contributed by atoms with Gasteiger partial charge in [-0.1, -0.05) is 6.92 Å². The number of rotatable bonds is 5. The van der Waals surface area contributed by atoms with Gasteiger partial charge in [-0.25, -0.2) is 4.98 Å². The lowest BCUT2D eigenvalue weighted by Gasteiger charge is -2.08. The summed E-state index contributed by atoms with van der Waals surface area (Å²) in [5.74, 6) is 0.188. The fourth-order valence-corrected chi connectivity index (χ4v) is 2.85. The number of nitrogens with one attached hydrogen (secondary N) is 1. The molecule has 0 saturated heterocycles. The van der Waals surface area contributed by atoms with Crippen molar-refractivity contribution in [1.29, 1.82) is 0 Å². The van der Waals surface area contributed by atoms with Gasteiger partial charge in [0.15, 0.2) is 0 Å². The molecule has 2 heterocycles. The summed E-state index contributed by atoms with van der Waals surface area (Å²) in [6, 6.07) is 2.05. The van der Waals surface area contributed by atoms with Gasteiger partial charge >= 0.3 is 5.69 Å². The normalized spacial score (nSPS) is 10.5. The first kappa shape index (κ1) is 14.2. The molecule has 0 radical (unpaired) electrons. The molecular formula is C12H15N5O2S. The van der Waals surface area contributed by atoms with Crippen LogP contribution in [0, 0.1) is 17.0 Å². The Hall–Kier alpha value is -2.22. The lowest BCUT2D eigenvalue weighted by molar-refractivity contribution is -0.385. The Bertz CT molecular complexity index is 641. The molecular weight excluding hydrogens is 278 g/mol. The van der Waals surface area contributed by atoms with Crippen molar-refractivity contribution < 1.29 is 4.92 Å². The third-order valence-corrected chi connectivity index (χ3v) is 3.86. The molecule has 0 spiro atoms. The van der Waals surface area contributed by atoms with Crippen molar-refractivity contribution in [2.75, 3.05) is 11.1 Å². The second kappa shape index (κ2) is 5.83. The van der Waals surface area contributed by atoms with Crippen LogP contribution in [-0.4, -0.2) is 14.9 Å². The SMILES string of the molecule is CCc1ccsc1CNc1nc(N)nc(C)c1[N+](=O)[O-]. The molecule has 8 heteroatoms. The standard InChI is InChI=1S/C12H15N5O2S/c1-3-8-4-5-20-9(8)6-14-11-10(17(18)19)7(2)15-12(13)16-11/h4-5H,3,6H2,1-2H3,(H3,13,14,15,16). The van der Waals surface area contributed by atoms with Crippen LogP contribution in [0.4, 0.5) is 17.5 Å². The van der Waals surface area contributed by atoms with Crippen LogP contribution in [0.25, 0.3) is 0 Å². The first-order valence-electron chi connectivity index (χ1n) is 6.10. The molecule has 20 heavy (non-hydrogen) atoms. The number of aryl methyl sites for hydroxylation is 2. The molecule has 0 amide bonds. The van der Waals surface area contributed by atoms with Gasteiger partial charge in [0.25, 0.3) is 0 Å². The maximum atomic E-state index is 11.1. The summed E-state index contributed by atoms with van der Waals surface area (Å²) in [6.07, 6.45) is 0.924. The minimum Gasteiger partial charge on any atom is -0.368 e. The van der Waals surface area contributed by atoms with Crippen molar-refractivity contribution >= 4 is 28.8 Å². The number of anilines is 2. The predicted octanol–water partition coefficient (Wildman–Crippen LogP) is 2.51. The minimum absolute atomic E-state index is 0.0255. The van der Waals surface area contributed by atoms with E-state index in [2.05, 4.69) is 28.3 Å². The van der Waals surface area contributed by atoms with Crippen LogP contribution in [0.2, 0.25) is 0 Å². The Morgan fingerprint density at radius 2 is 2.25 bits per heavy atom. The highest BCUT2D eigenvalue weighted by atomic mass is 32.1. The summed E-state index contributed by atoms with van der Waals surface area (Å²) in [4.78, 5) is 19.5. The van der Waals surface area contributed by atoms with Crippen LogP contribution in [0.3, 0.4) is 0 Å². The predicted molar refractivity (Wildman–Crippen MR) is 78.9 cm³/mol. The molecule has 0 fully saturated rings. The number of nitrogens with zero attached hydrogens (tertiary/aromatic N) is 3. The number of nitrogen functional groups attached to an aromatic ring is 1. The summed E-state index contributed by atoms with van der Waals surface area (Å²) in [7, 11) is 0. The lowest BCUT2D eigenvalue weighted by Crippen LogP contribution is -2.09. The largest absolute Gasteiger partial charge is 0.368 e. The molecule has 0 aliphatic rings. The minimum atomic E-state index is -0.494. The molecule has 0 aliphatic heterocycles. The highest BCUT2D eigenvalue weighted by Crippen LogP contribution is 2.27. The fourth-order valence-electron chi connectivity index (χ4n) is 1.93. The Labute approximate surface area is 120 Å². The van der Waals surface area contributed by atoms with Gasteiger partial charge in [-0.2, -0.15) is 4.98 Å². The Kier molecular flexibility index (Phi) is 4.14. The lowest BCUT2D eigenvalue weighted by atomic mass is 10.2. The highest BCUT2D eigenvalue weighted by molar-refractivity contribution is 7.10. The third kappa shape index (κ3) is 2.85.